The molecule has 0 fully saturated rings. The highest BCUT2D eigenvalue weighted by Crippen LogP contribution is 2.14. The maximum Gasteiger partial charge on any atom is 0.0825 e. The lowest BCUT2D eigenvalue weighted by molar-refractivity contribution is 0.483. The summed E-state index contributed by atoms with van der Waals surface area (Å²) in [4.78, 5) is 0. The van der Waals surface area contributed by atoms with E-state index in [1.165, 1.54) is 5.56 Å². The Balaban J connectivity index is 1.93. The van der Waals surface area contributed by atoms with Crippen LogP contribution >= 0.6 is 0 Å². The van der Waals surface area contributed by atoms with Gasteiger partial charge in [0.2, 0.25) is 0 Å². The Morgan fingerprint density at radius 2 is 2.05 bits per heavy atom. The minimum absolute atomic E-state index is 0.616. The van der Waals surface area contributed by atoms with Crippen LogP contribution in [0, 0.1) is 12.8 Å². The van der Waals surface area contributed by atoms with E-state index in [0.29, 0.717) is 5.92 Å². The molecule has 0 saturated carbocycles. The van der Waals surface area contributed by atoms with Crippen LogP contribution in [0.1, 0.15) is 38.4 Å². The molecule has 5 nitrogen and oxygen atoms in total. The molecular formula is C15H25N5. The van der Waals surface area contributed by atoms with E-state index in [0.717, 1.165) is 37.4 Å². The fourth-order valence-electron chi connectivity index (χ4n) is 2.20. The van der Waals surface area contributed by atoms with Crippen LogP contribution in [0.15, 0.2) is 18.6 Å². The smallest absolute Gasteiger partial charge is 0.0825 e. The van der Waals surface area contributed by atoms with Crippen LogP contribution in [0.25, 0.3) is 0 Å². The molecule has 1 N–H and O–H groups in total. The largest absolute Gasteiger partial charge is 0.378 e. The second-order valence-corrected chi connectivity index (χ2v) is 5.71. The van der Waals surface area contributed by atoms with Gasteiger partial charge >= 0.3 is 0 Å². The Bertz CT molecular complexity index is 538. The molecule has 0 saturated heterocycles. The van der Waals surface area contributed by atoms with E-state index in [4.69, 9.17) is 0 Å². The molecule has 20 heavy (non-hydrogen) atoms. The summed E-state index contributed by atoms with van der Waals surface area (Å²) in [5, 5.41) is 12.3. The third-order valence-corrected chi connectivity index (χ3v) is 3.12. The molecule has 2 rings (SSSR count). The first kappa shape index (κ1) is 14.6. The molecule has 0 atom stereocenters. The van der Waals surface area contributed by atoms with Gasteiger partial charge in [-0.2, -0.15) is 10.2 Å². The van der Waals surface area contributed by atoms with E-state index in [1.54, 1.807) is 0 Å². The van der Waals surface area contributed by atoms with Crippen LogP contribution in [0.4, 0.5) is 5.69 Å². The molecule has 0 aliphatic carbocycles. The van der Waals surface area contributed by atoms with Crippen molar-refractivity contribution in [2.24, 2.45) is 5.92 Å². The second kappa shape index (κ2) is 6.59. The van der Waals surface area contributed by atoms with Crippen molar-refractivity contribution in [2.75, 3.05) is 5.32 Å². The van der Waals surface area contributed by atoms with Gasteiger partial charge in [-0.15, -0.1) is 0 Å². The maximum atomic E-state index is 4.49. The molecule has 2 aromatic rings. The quantitative estimate of drug-likeness (QED) is 0.844. The van der Waals surface area contributed by atoms with E-state index in [9.17, 15) is 0 Å². The molecular weight excluding hydrogens is 250 g/mol. The number of nitrogens with one attached hydrogen (secondary N) is 1. The molecule has 0 amide bonds. The van der Waals surface area contributed by atoms with E-state index < -0.39 is 0 Å². The minimum atomic E-state index is 0.616. The highest BCUT2D eigenvalue weighted by Gasteiger charge is 2.05. The van der Waals surface area contributed by atoms with Crippen molar-refractivity contribution in [3.05, 3.63) is 29.8 Å². The van der Waals surface area contributed by atoms with Crippen LogP contribution < -0.4 is 5.32 Å². The number of rotatable bonds is 7. The van der Waals surface area contributed by atoms with E-state index in [1.807, 2.05) is 22.5 Å². The molecule has 0 aliphatic heterocycles. The van der Waals surface area contributed by atoms with Crippen LogP contribution in [0.3, 0.4) is 0 Å². The molecule has 2 heterocycles. The predicted molar refractivity (Wildman–Crippen MR) is 81.6 cm³/mol. The number of hydrogen-bond donors (Lipinski definition) is 1. The van der Waals surface area contributed by atoms with Gasteiger partial charge in [-0.05, 0) is 19.3 Å². The van der Waals surface area contributed by atoms with Crippen molar-refractivity contribution in [1.29, 1.82) is 0 Å². The fourth-order valence-corrected chi connectivity index (χ4v) is 2.20. The van der Waals surface area contributed by atoms with Gasteiger partial charge in [0.1, 0.15) is 0 Å². The Labute approximate surface area is 121 Å². The molecule has 110 valence electrons. The normalized spacial score (nSPS) is 11.2. The fraction of sp³-hybridized carbons (Fsp3) is 0.600. The molecule has 0 bridgehead atoms. The third-order valence-electron chi connectivity index (χ3n) is 3.12. The average Bonchev–Trinajstić information content (AvgIpc) is 2.94. The number of aromatic nitrogens is 4. The Morgan fingerprint density at radius 3 is 2.75 bits per heavy atom. The summed E-state index contributed by atoms with van der Waals surface area (Å²) < 4.78 is 4.01. The first-order chi connectivity index (χ1) is 9.58. The summed E-state index contributed by atoms with van der Waals surface area (Å²) in [6.45, 7) is 11.3. The van der Waals surface area contributed by atoms with Crippen molar-refractivity contribution in [2.45, 2.75) is 53.8 Å². The Kier molecular flexibility index (Phi) is 4.82. The van der Waals surface area contributed by atoms with Crippen molar-refractivity contribution in [3.63, 3.8) is 0 Å². The van der Waals surface area contributed by atoms with Gasteiger partial charge < -0.3 is 5.32 Å². The highest BCUT2D eigenvalue weighted by atomic mass is 15.3. The summed E-state index contributed by atoms with van der Waals surface area (Å²) in [6.07, 6.45) is 7.22. The van der Waals surface area contributed by atoms with Crippen LogP contribution in [0.2, 0.25) is 0 Å². The summed E-state index contributed by atoms with van der Waals surface area (Å²) in [5.74, 6) is 0.616. The van der Waals surface area contributed by atoms with Gasteiger partial charge in [0, 0.05) is 37.6 Å². The molecule has 5 heteroatoms. The minimum Gasteiger partial charge on any atom is -0.378 e. The number of aryl methyl sites for hydroxylation is 2. The lowest BCUT2D eigenvalue weighted by atomic mass is 10.2. The van der Waals surface area contributed by atoms with E-state index >= 15 is 0 Å². The lowest BCUT2D eigenvalue weighted by Gasteiger charge is -2.04. The van der Waals surface area contributed by atoms with Crippen molar-refractivity contribution >= 4 is 5.69 Å². The zero-order chi connectivity index (χ0) is 14.5. The average molecular weight is 275 g/mol. The molecule has 0 radical (unpaired) electrons. The monoisotopic (exact) mass is 275 g/mol. The topological polar surface area (TPSA) is 47.7 Å². The van der Waals surface area contributed by atoms with Crippen molar-refractivity contribution in [3.8, 4) is 0 Å². The summed E-state index contributed by atoms with van der Waals surface area (Å²) >= 11 is 0. The van der Waals surface area contributed by atoms with E-state index in [-0.39, 0.29) is 0 Å². The summed E-state index contributed by atoms with van der Waals surface area (Å²) in [7, 11) is 0. The summed E-state index contributed by atoms with van der Waals surface area (Å²) in [6, 6.07) is 0. The van der Waals surface area contributed by atoms with Crippen LogP contribution in [-0.2, 0) is 19.6 Å². The first-order valence-corrected chi connectivity index (χ1v) is 7.37. The van der Waals surface area contributed by atoms with Gasteiger partial charge in [0.25, 0.3) is 0 Å². The van der Waals surface area contributed by atoms with Gasteiger partial charge in [0.15, 0.2) is 0 Å². The maximum absolute atomic E-state index is 4.49. The van der Waals surface area contributed by atoms with E-state index in [2.05, 4.69) is 48.7 Å². The SMILES string of the molecule is CCCn1cc(NCc2cnn(CC(C)C)c2)c(C)n1. The molecule has 2 aromatic heterocycles. The van der Waals surface area contributed by atoms with Gasteiger partial charge in [0.05, 0.1) is 17.6 Å². The van der Waals surface area contributed by atoms with Crippen LogP contribution in [-0.4, -0.2) is 19.6 Å². The number of nitrogens with zero attached hydrogens (tertiary/aromatic N) is 4. The zero-order valence-electron chi connectivity index (χ0n) is 12.9. The van der Waals surface area contributed by atoms with Gasteiger partial charge in [-0.3, -0.25) is 9.36 Å². The van der Waals surface area contributed by atoms with Gasteiger partial charge in [-0.25, -0.2) is 0 Å². The predicted octanol–water partition coefficient (Wildman–Crippen LogP) is 3.07. The molecule has 0 unspecified atom stereocenters. The van der Waals surface area contributed by atoms with Crippen molar-refractivity contribution < 1.29 is 0 Å². The first-order valence-electron chi connectivity index (χ1n) is 7.37. The second-order valence-electron chi connectivity index (χ2n) is 5.71. The number of anilines is 1. The highest BCUT2D eigenvalue weighted by molar-refractivity contribution is 5.45. The molecule has 0 aliphatic rings. The standard InChI is InChI=1S/C15H25N5/c1-5-6-19-11-15(13(4)18-19)16-7-14-8-17-20(10-14)9-12(2)3/h8,10-12,16H,5-7,9H2,1-4H3. The summed E-state index contributed by atoms with van der Waals surface area (Å²) in [5.41, 5.74) is 3.36. The Hall–Kier alpha value is -1.78. The Morgan fingerprint density at radius 1 is 1.25 bits per heavy atom. The zero-order valence-corrected chi connectivity index (χ0v) is 12.9. The lowest BCUT2D eigenvalue weighted by Crippen LogP contribution is -2.04. The molecule has 0 aromatic carbocycles. The van der Waals surface area contributed by atoms with Crippen molar-refractivity contribution in [1.82, 2.24) is 19.6 Å². The molecule has 0 spiro atoms. The van der Waals surface area contributed by atoms with Gasteiger partial charge in [-0.1, -0.05) is 20.8 Å². The van der Waals surface area contributed by atoms with Crippen LogP contribution in [0.5, 0.6) is 0 Å². The third kappa shape index (κ3) is 3.85. The number of hydrogen-bond acceptors (Lipinski definition) is 3.